The van der Waals surface area contributed by atoms with E-state index in [1.165, 1.54) is 0 Å². The number of carbonyl (C=O) groups is 1. The third-order valence-electron chi connectivity index (χ3n) is 1.56. The lowest BCUT2D eigenvalue weighted by Gasteiger charge is -2.11. The van der Waals surface area contributed by atoms with E-state index in [4.69, 9.17) is 4.74 Å². The van der Waals surface area contributed by atoms with Crippen LogP contribution in [0.3, 0.4) is 0 Å². The molecule has 1 aliphatic rings. The molecule has 1 aliphatic heterocycles. The van der Waals surface area contributed by atoms with Crippen LogP contribution in [0.25, 0.3) is 0 Å². The quantitative estimate of drug-likeness (QED) is 0.457. The maximum absolute atomic E-state index is 10.7. The minimum absolute atomic E-state index is 0.105. The number of esters is 1. The van der Waals surface area contributed by atoms with Crippen molar-refractivity contribution in [3.8, 4) is 0 Å². The highest BCUT2D eigenvalue weighted by molar-refractivity contribution is 5.71. The molecule has 0 fully saturated rings. The Kier molecular flexibility index (Phi) is 2.90. The SMILES string of the molecule is C=CCCC1=CCCC(=O)O1. The molecule has 0 spiro atoms. The fourth-order valence-electron chi connectivity index (χ4n) is 0.987. The van der Waals surface area contributed by atoms with Gasteiger partial charge in [0.2, 0.25) is 0 Å². The third-order valence-corrected chi connectivity index (χ3v) is 1.56. The fourth-order valence-corrected chi connectivity index (χ4v) is 0.987. The van der Waals surface area contributed by atoms with E-state index in [9.17, 15) is 4.79 Å². The number of hydrogen-bond donors (Lipinski definition) is 0. The molecule has 0 aliphatic carbocycles. The second-order valence-corrected chi connectivity index (χ2v) is 2.51. The average molecular weight is 152 g/mol. The molecule has 0 amide bonds. The number of hydrogen-bond acceptors (Lipinski definition) is 2. The minimum atomic E-state index is -0.105. The second kappa shape index (κ2) is 3.96. The van der Waals surface area contributed by atoms with Crippen LogP contribution in [0.2, 0.25) is 0 Å². The maximum atomic E-state index is 10.7. The lowest BCUT2D eigenvalue weighted by atomic mass is 10.2. The first-order valence-electron chi connectivity index (χ1n) is 3.83. The highest BCUT2D eigenvalue weighted by Crippen LogP contribution is 2.15. The monoisotopic (exact) mass is 152 g/mol. The molecule has 0 saturated carbocycles. The Morgan fingerprint density at radius 1 is 1.73 bits per heavy atom. The highest BCUT2D eigenvalue weighted by Gasteiger charge is 2.10. The van der Waals surface area contributed by atoms with Crippen LogP contribution in [-0.2, 0) is 9.53 Å². The van der Waals surface area contributed by atoms with Crippen molar-refractivity contribution < 1.29 is 9.53 Å². The van der Waals surface area contributed by atoms with Crippen molar-refractivity contribution in [2.75, 3.05) is 0 Å². The number of cyclic esters (lactones) is 1. The van der Waals surface area contributed by atoms with Gasteiger partial charge in [-0.25, -0.2) is 0 Å². The molecule has 0 atom stereocenters. The molecular formula is C9H12O2. The maximum Gasteiger partial charge on any atom is 0.311 e. The van der Waals surface area contributed by atoms with Crippen LogP contribution < -0.4 is 0 Å². The lowest BCUT2D eigenvalue weighted by molar-refractivity contribution is -0.140. The molecule has 0 aromatic rings. The van der Waals surface area contributed by atoms with Gasteiger partial charge in [0.05, 0.1) is 0 Å². The van der Waals surface area contributed by atoms with E-state index in [0.29, 0.717) is 6.42 Å². The van der Waals surface area contributed by atoms with Crippen molar-refractivity contribution in [1.82, 2.24) is 0 Å². The Labute approximate surface area is 66.5 Å². The summed E-state index contributed by atoms with van der Waals surface area (Å²) >= 11 is 0. The molecule has 0 aromatic carbocycles. The fraction of sp³-hybridized carbons (Fsp3) is 0.444. The summed E-state index contributed by atoms with van der Waals surface area (Å²) in [5.41, 5.74) is 0. The predicted octanol–water partition coefficient (Wildman–Crippen LogP) is 2.17. The van der Waals surface area contributed by atoms with Gasteiger partial charge in [-0.15, -0.1) is 6.58 Å². The summed E-state index contributed by atoms with van der Waals surface area (Å²) in [5, 5.41) is 0. The van der Waals surface area contributed by atoms with Gasteiger partial charge in [-0.05, 0) is 18.9 Å². The standard InChI is InChI=1S/C9H12O2/c1-2-3-5-8-6-4-7-9(10)11-8/h2,6H,1,3-5,7H2. The average Bonchev–Trinajstić information content (AvgIpc) is 2.01. The molecule has 60 valence electrons. The number of ether oxygens (including phenoxy) is 1. The zero-order valence-corrected chi connectivity index (χ0v) is 6.51. The summed E-state index contributed by atoms with van der Waals surface area (Å²) in [6.07, 6.45) is 6.82. The molecule has 0 aromatic heterocycles. The van der Waals surface area contributed by atoms with Crippen LogP contribution in [-0.4, -0.2) is 5.97 Å². The summed E-state index contributed by atoms with van der Waals surface area (Å²) in [7, 11) is 0. The first-order chi connectivity index (χ1) is 5.33. The Morgan fingerprint density at radius 2 is 2.55 bits per heavy atom. The summed E-state index contributed by atoms with van der Waals surface area (Å²) in [5.74, 6) is 0.702. The second-order valence-electron chi connectivity index (χ2n) is 2.51. The van der Waals surface area contributed by atoms with E-state index < -0.39 is 0 Å². The van der Waals surface area contributed by atoms with Crippen molar-refractivity contribution in [3.63, 3.8) is 0 Å². The molecule has 0 unspecified atom stereocenters. The Hall–Kier alpha value is -1.05. The van der Waals surface area contributed by atoms with E-state index in [2.05, 4.69) is 6.58 Å². The molecule has 11 heavy (non-hydrogen) atoms. The van der Waals surface area contributed by atoms with Gasteiger partial charge in [-0.3, -0.25) is 4.79 Å². The van der Waals surface area contributed by atoms with Crippen molar-refractivity contribution in [2.24, 2.45) is 0 Å². The summed E-state index contributed by atoms with van der Waals surface area (Å²) < 4.78 is 4.96. The van der Waals surface area contributed by atoms with Gasteiger partial charge < -0.3 is 4.74 Å². The molecule has 1 rings (SSSR count). The highest BCUT2D eigenvalue weighted by atomic mass is 16.5. The van der Waals surface area contributed by atoms with Crippen molar-refractivity contribution in [3.05, 3.63) is 24.5 Å². The van der Waals surface area contributed by atoms with Crippen LogP contribution in [0.5, 0.6) is 0 Å². The van der Waals surface area contributed by atoms with Gasteiger partial charge in [0.25, 0.3) is 0 Å². The molecule has 0 saturated heterocycles. The zero-order valence-electron chi connectivity index (χ0n) is 6.51. The van der Waals surface area contributed by atoms with Gasteiger partial charge in [0, 0.05) is 12.8 Å². The van der Waals surface area contributed by atoms with E-state index in [1.54, 1.807) is 0 Å². The van der Waals surface area contributed by atoms with Gasteiger partial charge in [0.15, 0.2) is 0 Å². The van der Waals surface area contributed by atoms with E-state index >= 15 is 0 Å². The van der Waals surface area contributed by atoms with Gasteiger partial charge in [-0.2, -0.15) is 0 Å². The summed E-state index contributed by atoms with van der Waals surface area (Å²) in [6, 6.07) is 0. The van der Waals surface area contributed by atoms with Crippen LogP contribution in [0.4, 0.5) is 0 Å². The third kappa shape index (κ3) is 2.58. The normalized spacial score (nSPS) is 17.1. The van der Waals surface area contributed by atoms with E-state index in [-0.39, 0.29) is 5.97 Å². The molecule has 2 heteroatoms. The van der Waals surface area contributed by atoms with Crippen molar-refractivity contribution in [2.45, 2.75) is 25.7 Å². The Balaban J connectivity index is 2.38. The first kappa shape index (κ1) is 8.05. The van der Waals surface area contributed by atoms with Crippen LogP contribution in [0.15, 0.2) is 24.5 Å². The van der Waals surface area contributed by atoms with Crippen molar-refractivity contribution >= 4 is 5.97 Å². The van der Waals surface area contributed by atoms with Crippen LogP contribution in [0.1, 0.15) is 25.7 Å². The van der Waals surface area contributed by atoms with Crippen LogP contribution in [0, 0.1) is 0 Å². The smallest absolute Gasteiger partial charge is 0.311 e. The first-order valence-corrected chi connectivity index (χ1v) is 3.83. The van der Waals surface area contributed by atoms with E-state index in [1.807, 2.05) is 12.2 Å². The Morgan fingerprint density at radius 3 is 3.18 bits per heavy atom. The predicted molar refractivity (Wildman–Crippen MR) is 42.8 cm³/mol. The molecule has 0 radical (unpaired) electrons. The molecule has 1 heterocycles. The zero-order chi connectivity index (χ0) is 8.10. The molecule has 2 nitrogen and oxygen atoms in total. The molecule has 0 bridgehead atoms. The topological polar surface area (TPSA) is 26.3 Å². The van der Waals surface area contributed by atoms with Gasteiger partial charge >= 0.3 is 5.97 Å². The molecule has 0 N–H and O–H groups in total. The number of carbonyl (C=O) groups excluding carboxylic acids is 1. The Bertz CT molecular complexity index is 192. The van der Waals surface area contributed by atoms with Gasteiger partial charge in [0.1, 0.15) is 5.76 Å². The number of allylic oxidation sites excluding steroid dienone is 3. The van der Waals surface area contributed by atoms with E-state index in [0.717, 1.165) is 25.0 Å². The van der Waals surface area contributed by atoms with Gasteiger partial charge in [-0.1, -0.05) is 6.08 Å². The lowest BCUT2D eigenvalue weighted by Crippen LogP contribution is -2.08. The largest absolute Gasteiger partial charge is 0.431 e. The van der Waals surface area contributed by atoms with Crippen molar-refractivity contribution in [1.29, 1.82) is 0 Å². The minimum Gasteiger partial charge on any atom is -0.431 e. The molecular weight excluding hydrogens is 140 g/mol. The summed E-state index contributed by atoms with van der Waals surface area (Å²) in [4.78, 5) is 10.7. The summed E-state index contributed by atoms with van der Waals surface area (Å²) in [6.45, 7) is 3.60. The number of rotatable bonds is 3. The van der Waals surface area contributed by atoms with Crippen LogP contribution >= 0.6 is 0 Å².